The van der Waals surface area contributed by atoms with E-state index in [4.69, 9.17) is 19.3 Å². The number of ether oxygens (including phenoxy) is 3. The molecular formula is C17H23NO6. The number of amides is 1. The Labute approximate surface area is 141 Å². The third-order valence-electron chi connectivity index (χ3n) is 4.28. The minimum atomic E-state index is -0.785. The zero-order valence-electron chi connectivity index (χ0n) is 14.2. The summed E-state index contributed by atoms with van der Waals surface area (Å²) in [5.74, 6) is 0.321. The molecule has 1 aliphatic rings. The van der Waals surface area contributed by atoms with Crippen LogP contribution in [-0.4, -0.2) is 56.3 Å². The van der Waals surface area contributed by atoms with Gasteiger partial charge in [0, 0.05) is 13.1 Å². The van der Waals surface area contributed by atoms with Gasteiger partial charge in [0.2, 0.25) is 11.7 Å². The van der Waals surface area contributed by atoms with Crippen molar-refractivity contribution in [2.24, 2.45) is 5.92 Å². The molecule has 2 rings (SSSR count). The quantitative estimate of drug-likeness (QED) is 0.848. The summed E-state index contributed by atoms with van der Waals surface area (Å²) in [4.78, 5) is 25.2. The van der Waals surface area contributed by atoms with Crippen LogP contribution in [0.2, 0.25) is 0 Å². The van der Waals surface area contributed by atoms with Gasteiger partial charge in [-0.1, -0.05) is 0 Å². The number of carboxylic acid groups (broad SMARTS) is 1. The van der Waals surface area contributed by atoms with Crippen LogP contribution in [0.25, 0.3) is 0 Å². The predicted octanol–water partition coefficient (Wildman–Crippen LogP) is 1.58. The lowest BCUT2D eigenvalue weighted by Gasteiger charge is -2.30. The maximum Gasteiger partial charge on any atom is 0.306 e. The number of benzene rings is 1. The largest absolute Gasteiger partial charge is 0.493 e. The second-order valence-corrected chi connectivity index (χ2v) is 5.70. The Morgan fingerprint density at radius 2 is 1.62 bits per heavy atom. The fourth-order valence-corrected chi connectivity index (χ4v) is 2.90. The number of piperidine rings is 1. The topological polar surface area (TPSA) is 85.3 Å². The van der Waals surface area contributed by atoms with Gasteiger partial charge < -0.3 is 24.2 Å². The van der Waals surface area contributed by atoms with Gasteiger partial charge in [0.15, 0.2) is 11.5 Å². The lowest BCUT2D eigenvalue weighted by Crippen LogP contribution is -2.40. The first-order chi connectivity index (χ1) is 11.5. The van der Waals surface area contributed by atoms with E-state index in [-0.39, 0.29) is 18.2 Å². The molecular weight excluding hydrogens is 314 g/mol. The second kappa shape index (κ2) is 7.90. The summed E-state index contributed by atoms with van der Waals surface area (Å²) in [5.41, 5.74) is 0.759. The highest BCUT2D eigenvalue weighted by molar-refractivity contribution is 5.80. The molecule has 1 amide bonds. The van der Waals surface area contributed by atoms with E-state index in [1.54, 1.807) is 17.0 Å². The van der Waals surface area contributed by atoms with E-state index in [0.29, 0.717) is 43.2 Å². The number of hydrogen-bond acceptors (Lipinski definition) is 5. The average molecular weight is 337 g/mol. The number of aliphatic carboxylic acids is 1. The van der Waals surface area contributed by atoms with Gasteiger partial charge in [-0.25, -0.2) is 0 Å². The third-order valence-corrected chi connectivity index (χ3v) is 4.28. The van der Waals surface area contributed by atoms with Gasteiger partial charge in [-0.05, 0) is 30.5 Å². The van der Waals surface area contributed by atoms with Crippen molar-refractivity contribution >= 4 is 11.9 Å². The fraction of sp³-hybridized carbons (Fsp3) is 0.529. The van der Waals surface area contributed by atoms with Gasteiger partial charge in [-0.2, -0.15) is 0 Å². The molecule has 0 bridgehead atoms. The molecule has 7 heteroatoms. The van der Waals surface area contributed by atoms with Gasteiger partial charge in [0.1, 0.15) is 0 Å². The normalized spacial score (nSPS) is 15.0. The summed E-state index contributed by atoms with van der Waals surface area (Å²) in [5, 5.41) is 9.02. The van der Waals surface area contributed by atoms with Gasteiger partial charge in [-0.15, -0.1) is 0 Å². The lowest BCUT2D eigenvalue weighted by molar-refractivity contribution is -0.145. The Morgan fingerprint density at radius 3 is 2.04 bits per heavy atom. The predicted molar refractivity (Wildman–Crippen MR) is 86.7 cm³/mol. The van der Waals surface area contributed by atoms with Crippen molar-refractivity contribution in [3.8, 4) is 17.2 Å². The minimum Gasteiger partial charge on any atom is -0.493 e. The van der Waals surface area contributed by atoms with Crippen molar-refractivity contribution in [3.63, 3.8) is 0 Å². The summed E-state index contributed by atoms with van der Waals surface area (Å²) in [6, 6.07) is 3.51. The maximum absolute atomic E-state index is 12.5. The van der Waals surface area contributed by atoms with E-state index >= 15 is 0 Å². The molecule has 0 atom stereocenters. The minimum absolute atomic E-state index is 0.0342. The molecule has 1 fully saturated rings. The van der Waals surface area contributed by atoms with Crippen molar-refractivity contribution in [2.75, 3.05) is 34.4 Å². The molecule has 132 valence electrons. The van der Waals surface area contributed by atoms with Crippen LogP contribution in [0.4, 0.5) is 0 Å². The van der Waals surface area contributed by atoms with E-state index in [9.17, 15) is 9.59 Å². The van der Waals surface area contributed by atoms with Crippen LogP contribution >= 0.6 is 0 Å². The molecule has 1 aromatic carbocycles. The molecule has 1 heterocycles. The Bertz CT molecular complexity index is 582. The van der Waals surface area contributed by atoms with Gasteiger partial charge >= 0.3 is 5.97 Å². The van der Waals surface area contributed by atoms with E-state index in [1.807, 2.05) is 0 Å². The van der Waals surface area contributed by atoms with Crippen molar-refractivity contribution in [2.45, 2.75) is 19.3 Å². The first-order valence-electron chi connectivity index (χ1n) is 7.79. The molecule has 0 radical (unpaired) electrons. The number of carbonyl (C=O) groups excluding carboxylic acids is 1. The molecule has 1 N–H and O–H groups in total. The van der Waals surface area contributed by atoms with E-state index in [2.05, 4.69) is 0 Å². The average Bonchev–Trinajstić information content (AvgIpc) is 2.60. The Morgan fingerprint density at radius 1 is 1.08 bits per heavy atom. The van der Waals surface area contributed by atoms with E-state index in [1.165, 1.54) is 21.3 Å². The summed E-state index contributed by atoms with van der Waals surface area (Å²) < 4.78 is 15.9. The highest BCUT2D eigenvalue weighted by atomic mass is 16.5. The Balaban J connectivity index is 2.08. The number of hydrogen-bond donors (Lipinski definition) is 1. The van der Waals surface area contributed by atoms with Crippen LogP contribution < -0.4 is 14.2 Å². The van der Waals surface area contributed by atoms with Crippen LogP contribution in [0.5, 0.6) is 17.2 Å². The third kappa shape index (κ3) is 3.90. The summed E-state index contributed by atoms with van der Waals surface area (Å²) in [6.07, 6.45) is 1.20. The Hall–Kier alpha value is -2.44. The molecule has 7 nitrogen and oxygen atoms in total. The monoisotopic (exact) mass is 337 g/mol. The second-order valence-electron chi connectivity index (χ2n) is 5.70. The number of carbonyl (C=O) groups is 2. The standard InChI is InChI=1S/C17H23NO6/c1-22-13-8-11(9-14(23-2)16(13)24-3)10-15(19)18-6-4-12(5-7-18)17(20)21/h8-9,12H,4-7,10H2,1-3H3,(H,20,21). The highest BCUT2D eigenvalue weighted by Gasteiger charge is 2.27. The van der Waals surface area contributed by atoms with Gasteiger partial charge in [-0.3, -0.25) is 9.59 Å². The highest BCUT2D eigenvalue weighted by Crippen LogP contribution is 2.38. The number of nitrogens with zero attached hydrogens (tertiary/aromatic N) is 1. The van der Waals surface area contributed by atoms with Crippen LogP contribution in [0.1, 0.15) is 18.4 Å². The summed E-state index contributed by atoms with van der Waals surface area (Å²) in [6.45, 7) is 0.945. The molecule has 0 spiro atoms. The zero-order chi connectivity index (χ0) is 17.7. The van der Waals surface area contributed by atoms with Crippen LogP contribution in [0, 0.1) is 5.92 Å². The van der Waals surface area contributed by atoms with Crippen molar-refractivity contribution in [1.82, 2.24) is 4.90 Å². The summed E-state index contributed by atoms with van der Waals surface area (Å²) >= 11 is 0. The van der Waals surface area contributed by atoms with Gasteiger partial charge in [0.25, 0.3) is 0 Å². The molecule has 1 aliphatic heterocycles. The van der Waals surface area contributed by atoms with E-state index in [0.717, 1.165) is 5.56 Å². The SMILES string of the molecule is COc1cc(CC(=O)N2CCC(C(=O)O)CC2)cc(OC)c1OC. The smallest absolute Gasteiger partial charge is 0.306 e. The first kappa shape index (κ1) is 17.9. The molecule has 0 aromatic heterocycles. The van der Waals surface area contributed by atoms with Crippen molar-refractivity contribution in [3.05, 3.63) is 17.7 Å². The van der Waals surface area contributed by atoms with E-state index < -0.39 is 5.97 Å². The lowest BCUT2D eigenvalue weighted by atomic mass is 9.96. The van der Waals surface area contributed by atoms with Gasteiger partial charge in [0.05, 0.1) is 33.7 Å². The molecule has 24 heavy (non-hydrogen) atoms. The fourth-order valence-electron chi connectivity index (χ4n) is 2.90. The molecule has 0 saturated carbocycles. The number of methoxy groups -OCH3 is 3. The van der Waals surface area contributed by atoms with Crippen molar-refractivity contribution in [1.29, 1.82) is 0 Å². The number of carboxylic acids is 1. The molecule has 1 aromatic rings. The molecule has 0 aliphatic carbocycles. The zero-order valence-corrected chi connectivity index (χ0v) is 14.2. The maximum atomic E-state index is 12.5. The first-order valence-corrected chi connectivity index (χ1v) is 7.79. The Kier molecular flexibility index (Phi) is 5.89. The van der Waals surface area contributed by atoms with Crippen LogP contribution in [0.3, 0.4) is 0 Å². The summed E-state index contributed by atoms with van der Waals surface area (Å²) in [7, 11) is 4.58. The van der Waals surface area contributed by atoms with Crippen molar-refractivity contribution < 1.29 is 28.9 Å². The molecule has 1 saturated heterocycles. The molecule has 0 unspecified atom stereocenters. The van der Waals surface area contributed by atoms with Crippen LogP contribution in [0.15, 0.2) is 12.1 Å². The van der Waals surface area contributed by atoms with Crippen LogP contribution in [-0.2, 0) is 16.0 Å². The number of likely N-dealkylation sites (tertiary alicyclic amines) is 1. The number of rotatable bonds is 6.